The van der Waals surface area contributed by atoms with E-state index in [-0.39, 0.29) is 12.6 Å². The highest BCUT2D eigenvalue weighted by atomic mass is 16.6. The van der Waals surface area contributed by atoms with Crippen LogP contribution < -0.4 is 14.4 Å². The highest BCUT2D eigenvalue weighted by Gasteiger charge is 2.23. The van der Waals surface area contributed by atoms with Crippen molar-refractivity contribution in [3.8, 4) is 17.2 Å². The smallest absolute Gasteiger partial charge is 0.344 e. The van der Waals surface area contributed by atoms with Crippen LogP contribution in [0.4, 0.5) is 11.4 Å². The van der Waals surface area contributed by atoms with E-state index in [2.05, 4.69) is 10.1 Å². The van der Waals surface area contributed by atoms with E-state index in [0.29, 0.717) is 25.5 Å². The molecule has 0 aliphatic carbocycles. The van der Waals surface area contributed by atoms with Gasteiger partial charge in [0, 0.05) is 0 Å². The number of hydrogen-bond donors (Lipinski definition) is 0. The van der Waals surface area contributed by atoms with Crippen LogP contribution in [-0.4, -0.2) is 38.0 Å². The van der Waals surface area contributed by atoms with Gasteiger partial charge in [0.15, 0.2) is 18.1 Å². The fraction of sp³-hybridized carbons (Fsp3) is 0.259. The van der Waals surface area contributed by atoms with Crippen molar-refractivity contribution in [1.82, 2.24) is 0 Å². The van der Waals surface area contributed by atoms with Crippen LogP contribution in [0.5, 0.6) is 17.2 Å². The van der Waals surface area contributed by atoms with E-state index < -0.39 is 0 Å². The molecule has 4 rings (SSSR count). The van der Waals surface area contributed by atoms with Gasteiger partial charge in [-0.05, 0) is 74.4 Å². The Morgan fingerprint density at radius 2 is 1.68 bits per heavy atom. The molecular formula is C27H28N2O5. The molecule has 0 spiro atoms. The Bertz CT molecular complexity index is 1150. The fourth-order valence-corrected chi connectivity index (χ4v) is 3.73. The van der Waals surface area contributed by atoms with Crippen molar-refractivity contribution in [3.05, 3.63) is 77.9 Å². The Hall–Kier alpha value is -4.00. The van der Waals surface area contributed by atoms with Crippen LogP contribution in [0.3, 0.4) is 0 Å². The minimum atomic E-state index is -0.386. The number of esters is 1. The van der Waals surface area contributed by atoms with Crippen molar-refractivity contribution in [1.29, 1.82) is 0 Å². The Labute approximate surface area is 199 Å². The van der Waals surface area contributed by atoms with Gasteiger partial charge in [0.1, 0.15) is 12.4 Å². The lowest BCUT2D eigenvalue weighted by Crippen LogP contribution is -2.25. The highest BCUT2D eigenvalue weighted by molar-refractivity contribution is 5.98. The second-order valence-corrected chi connectivity index (χ2v) is 7.77. The number of fused-ring (bicyclic) bond motifs is 2. The number of rotatable bonds is 9. The molecule has 1 heterocycles. The molecule has 1 aliphatic heterocycles. The first-order chi connectivity index (χ1) is 16.6. The number of para-hydroxylation sites is 4. The summed E-state index contributed by atoms with van der Waals surface area (Å²) >= 11 is 0. The number of oxime groups is 1. The molecule has 7 nitrogen and oxygen atoms in total. The first-order valence-corrected chi connectivity index (χ1v) is 11.3. The Morgan fingerprint density at radius 3 is 2.32 bits per heavy atom. The molecule has 3 aromatic carbocycles. The minimum absolute atomic E-state index is 0.113. The first-order valence-electron chi connectivity index (χ1n) is 11.3. The van der Waals surface area contributed by atoms with Crippen molar-refractivity contribution in [2.75, 3.05) is 31.3 Å². The molecule has 0 saturated carbocycles. The normalized spacial score (nSPS) is 12.3. The largest absolute Gasteiger partial charge is 0.482 e. The molecule has 0 fully saturated rings. The predicted octanol–water partition coefficient (Wildman–Crippen LogP) is 5.62. The maximum Gasteiger partial charge on any atom is 0.344 e. The van der Waals surface area contributed by atoms with E-state index in [4.69, 9.17) is 19.0 Å². The average Bonchev–Trinajstić information content (AvgIpc) is 2.85. The number of anilines is 2. The molecule has 7 heteroatoms. The Morgan fingerprint density at radius 1 is 1.00 bits per heavy atom. The molecule has 0 amide bonds. The molecule has 1 aliphatic rings. The van der Waals surface area contributed by atoms with Gasteiger partial charge in [0.05, 0.1) is 30.2 Å². The monoisotopic (exact) mass is 460 g/mol. The number of ether oxygens (including phenoxy) is 3. The second-order valence-electron chi connectivity index (χ2n) is 7.77. The summed E-state index contributed by atoms with van der Waals surface area (Å²) < 4.78 is 16.5. The third kappa shape index (κ3) is 5.31. The summed E-state index contributed by atoms with van der Waals surface area (Å²) in [5.41, 5.74) is 4.57. The molecule has 176 valence electrons. The van der Waals surface area contributed by atoms with E-state index in [1.165, 1.54) is 0 Å². The van der Waals surface area contributed by atoms with Crippen LogP contribution in [0.15, 0.2) is 71.9 Å². The van der Waals surface area contributed by atoms with Crippen molar-refractivity contribution in [2.45, 2.75) is 20.8 Å². The molecule has 0 unspecified atom stereocenters. The Kier molecular flexibility index (Phi) is 7.32. The van der Waals surface area contributed by atoms with E-state index in [1.807, 2.05) is 80.6 Å². The summed E-state index contributed by atoms with van der Waals surface area (Å²) in [6.07, 6.45) is 0. The van der Waals surface area contributed by atoms with Crippen LogP contribution in [-0.2, 0) is 14.4 Å². The highest BCUT2D eigenvalue weighted by Crippen LogP contribution is 2.45. The molecule has 0 saturated heterocycles. The zero-order valence-corrected chi connectivity index (χ0v) is 19.6. The molecule has 0 N–H and O–H groups in total. The molecule has 0 atom stereocenters. The number of nitrogens with zero attached hydrogens (tertiary/aromatic N) is 2. The summed E-state index contributed by atoms with van der Waals surface area (Å²) in [6.45, 7) is 6.82. The summed E-state index contributed by atoms with van der Waals surface area (Å²) in [6, 6.07) is 21.6. The van der Waals surface area contributed by atoms with Gasteiger partial charge in [0.2, 0.25) is 0 Å². The summed E-state index contributed by atoms with van der Waals surface area (Å²) in [5, 5.41) is 4.30. The van der Waals surface area contributed by atoms with Crippen molar-refractivity contribution in [3.63, 3.8) is 0 Å². The standard InChI is InChI=1S/C27H28N2O5/c1-4-31-27(30)18-32-24-14-13-21(17-19(24)2)20(3)28-33-16-15-29-22-9-5-7-11-25(22)34-26-12-8-6-10-23(26)29/h5-14,17H,4,15-16,18H2,1-3H3/b28-20+. The van der Waals surface area contributed by atoms with Crippen LogP contribution in [0, 0.1) is 6.92 Å². The number of carbonyl (C=O) groups is 1. The SMILES string of the molecule is CCOC(=O)COc1ccc(/C(C)=N/OCCN2c3ccccc3Oc3ccccc32)cc1C. The van der Waals surface area contributed by atoms with Crippen LogP contribution in [0.1, 0.15) is 25.0 Å². The molecule has 0 bridgehead atoms. The third-order valence-corrected chi connectivity index (χ3v) is 5.38. The summed E-state index contributed by atoms with van der Waals surface area (Å²) in [4.78, 5) is 19.4. The number of hydrogen-bond acceptors (Lipinski definition) is 7. The van der Waals surface area contributed by atoms with Crippen molar-refractivity contribution >= 4 is 23.1 Å². The van der Waals surface area contributed by atoms with E-state index in [9.17, 15) is 4.79 Å². The minimum Gasteiger partial charge on any atom is -0.482 e. The zero-order chi connectivity index (χ0) is 23.9. The predicted molar refractivity (Wildman–Crippen MR) is 131 cm³/mol. The molecule has 3 aromatic rings. The third-order valence-electron chi connectivity index (χ3n) is 5.38. The van der Waals surface area contributed by atoms with Gasteiger partial charge in [-0.1, -0.05) is 29.4 Å². The maximum atomic E-state index is 11.5. The van der Waals surface area contributed by atoms with Crippen molar-refractivity contribution < 1.29 is 23.8 Å². The topological polar surface area (TPSA) is 69.6 Å². The van der Waals surface area contributed by atoms with Crippen LogP contribution in [0.2, 0.25) is 0 Å². The van der Waals surface area contributed by atoms with Gasteiger partial charge >= 0.3 is 5.97 Å². The summed E-state index contributed by atoms with van der Waals surface area (Å²) in [7, 11) is 0. The van der Waals surface area contributed by atoms with Crippen LogP contribution in [0.25, 0.3) is 0 Å². The maximum absolute atomic E-state index is 11.5. The molecule has 34 heavy (non-hydrogen) atoms. The lowest BCUT2D eigenvalue weighted by molar-refractivity contribution is -0.145. The van der Waals surface area contributed by atoms with E-state index in [0.717, 1.165) is 39.7 Å². The van der Waals surface area contributed by atoms with Gasteiger partial charge in [-0.3, -0.25) is 0 Å². The average molecular weight is 461 g/mol. The van der Waals surface area contributed by atoms with Gasteiger partial charge in [-0.2, -0.15) is 0 Å². The van der Waals surface area contributed by atoms with Crippen molar-refractivity contribution in [2.24, 2.45) is 5.16 Å². The zero-order valence-electron chi connectivity index (χ0n) is 19.6. The quantitative estimate of drug-likeness (QED) is 0.179. The molecule has 0 aromatic heterocycles. The molecule has 0 radical (unpaired) electrons. The lowest BCUT2D eigenvalue weighted by atomic mass is 10.1. The number of carbonyl (C=O) groups excluding carboxylic acids is 1. The fourth-order valence-electron chi connectivity index (χ4n) is 3.73. The van der Waals surface area contributed by atoms with Gasteiger partial charge < -0.3 is 23.9 Å². The van der Waals surface area contributed by atoms with Crippen LogP contribution >= 0.6 is 0 Å². The number of aryl methyl sites for hydroxylation is 1. The lowest BCUT2D eigenvalue weighted by Gasteiger charge is -2.32. The Balaban J connectivity index is 1.37. The van der Waals surface area contributed by atoms with Gasteiger partial charge in [-0.25, -0.2) is 4.79 Å². The second kappa shape index (κ2) is 10.7. The molecular weight excluding hydrogens is 432 g/mol. The van der Waals surface area contributed by atoms with Gasteiger partial charge in [-0.15, -0.1) is 0 Å². The first kappa shape index (κ1) is 23.2. The summed E-state index contributed by atoms with van der Waals surface area (Å²) in [5.74, 6) is 1.89. The van der Waals surface area contributed by atoms with E-state index >= 15 is 0 Å². The van der Waals surface area contributed by atoms with Gasteiger partial charge in [0.25, 0.3) is 0 Å². The number of benzene rings is 3. The van der Waals surface area contributed by atoms with E-state index in [1.54, 1.807) is 6.92 Å².